The van der Waals surface area contributed by atoms with Crippen molar-refractivity contribution in [3.63, 3.8) is 0 Å². The van der Waals surface area contributed by atoms with Crippen molar-refractivity contribution in [2.45, 2.75) is 38.5 Å². The zero-order valence-electron chi connectivity index (χ0n) is 9.74. The number of allylic oxidation sites excluding steroid dienone is 2. The number of aryl methyl sites for hydroxylation is 2. The maximum Gasteiger partial charge on any atom is 0.229 e. The van der Waals surface area contributed by atoms with E-state index in [9.17, 15) is 4.79 Å². The predicted octanol–water partition coefficient (Wildman–Crippen LogP) is 2.93. The highest BCUT2D eigenvalue weighted by Gasteiger charge is 2.22. The number of nitrogens with zero attached hydrogens (tertiary/aromatic N) is 1. The summed E-state index contributed by atoms with van der Waals surface area (Å²) in [4.78, 5) is 17.9. The zero-order valence-corrected chi connectivity index (χ0v) is 10.6. The average molecular weight is 248 g/mol. The third-order valence-electron chi connectivity index (χ3n) is 3.47. The Morgan fingerprint density at radius 2 is 2.35 bits per heavy atom. The van der Waals surface area contributed by atoms with Crippen LogP contribution >= 0.6 is 11.3 Å². The van der Waals surface area contributed by atoms with Gasteiger partial charge in [-0.05, 0) is 38.5 Å². The molecular weight excluding hydrogens is 232 g/mol. The Morgan fingerprint density at radius 1 is 1.41 bits per heavy atom. The lowest BCUT2D eigenvalue weighted by molar-refractivity contribution is -0.120. The maximum absolute atomic E-state index is 12.0. The third kappa shape index (κ3) is 2.27. The minimum absolute atomic E-state index is 0.138. The fraction of sp³-hybridized carbons (Fsp3) is 0.538. The van der Waals surface area contributed by atoms with Crippen LogP contribution in [0.15, 0.2) is 12.2 Å². The number of carbonyl (C=O) groups excluding carboxylic acids is 1. The van der Waals surface area contributed by atoms with Gasteiger partial charge >= 0.3 is 0 Å². The van der Waals surface area contributed by atoms with Crippen LogP contribution in [-0.2, 0) is 17.6 Å². The molecule has 17 heavy (non-hydrogen) atoms. The van der Waals surface area contributed by atoms with Crippen molar-refractivity contribution in [1.29, 1.82) is 0 Å². The van der Waals surface area contributed by atoms with Gasteiger partial charge in [0.05, 0.1) is 5.69 Å². The largest absolute Gasteiger partial charge is 0.302 e. The molecule has 1 amide bonds. The molecule has 1 unspecified atom stereocenters. The van der Waals surface area contributed by atoms with Crippen molar-refractivity contribution < 1.29 is 4.79 Å². The lowest BCUT2D eigenvalue weighted by atomic mass is 9.94. The molecule has 0 bridgehead atoms. The Bertz CT molecular complexity index is 442. The topological polar surface area (TPSA) is 42.0 Å². The maximum atomic E-state index is 12.0. The van der Waals surface area contributed by atoms with Gasteiger partial charge in [-0.1, -0.05) is 12.2 Å². The van der Waals surface area contributed by atoms with Crippen LogP contribution < -0.4 is 5.32 Å². The molecule has 1 atom stereocenters. The Hall–Kier alpha value is -1.16. The summed E-state index contributed by atoms with van der Waals surface area (Å²) in [5, 5.41) is 3.78. The summed E-state index contributed by atoms with van der Waals surface area (Å²) in [6.07, 6.45) is 10.5. The Kier molecular flexibility index (Phi) is 2.97. The standard InChI is InChI=1S/C13H16N2OS/c16-12(9-5-2-1-3-6-9)15-13-14-10-7-4-8-11(10)17-13/h1-2,9H,3-8H2,(H,14,15,16). The van der Waals surface area contributed by atoms with E-state index in [1.165, 1.54) is 17.0 Å². The average Bonchev–Trinajstić information content (AvgIpc) is 2.90. The smallest absolute Gasteiger partial charge is 0.229 e. The van der Waals surface area contributed by atoms with Gasteiger partial charge in [0.25, 0.3) is 0 Å². The molecule has 4 heteroatoms. The van der Waals surface area contributed by atoms with Gasteiger partial charge in [-0.25, -0.2) is 4.98 Å². The van der Waals surface area contributed by atoms with Gasteiger partial charge < -0.3 is 5.32 Å². The van der Waals surface area contributed by atoms with E-state index in [1.54, 1.807) is 11.3 Å². The quantitative estimate of drug-likeness (QED) is 0.818. The highest BCUT2D eigenvalue weighted by Crippen LogP contribution is 2.31. The first kappa shape index (κ1) is 11.0. The van der Waals surface area contributed by atoms with Gasteiger partial charge in [-0.2, -0.15) is 0 Å². The normalized spacial score (nSPS) is 22.5. The lowest BCUT2D eigenvalue weighted by Crippen LogP contribution is -2.23. The molecule has 3 rings (SSSR count). The second-order valence-electron chi connectivity index (χ2n) is 4.71. The molecule has 0 fully saturated rings. The number of carbonyl (C=O) groups is 1. The molecule has 0 saturated carbocycles. The molecule has 1 aromatic heterocycles. The predicted molar refractivity (Wildman–Crippen MR) is 69.2 cm³/mol. The molecule has 1 aromatic rings. The van der Waals surface area contributed by atoms with E-state index in [1.807, 2.05) is 0 Å². The minimum atomic E-state index is 0.138. The monoisotopic (exact) mass is 248 g/mol. The van der Waals surface area contributed by atoms with Crippen LogP contribution in [0, 0.1) is 5.92 Å². The van der Waals surface area contributed by atoms with Crippen LogP contribution in [0.25, 0.3) is 0 Å². The number of hydrogen-bond acceptors (Lipinski definition) is 3. The second kappa shape index (κ2) is 4.61. The van der Waals surface area contributed by atoms with Gasteiger partial charge in [0.15, 0.2) is 5.13 Å². The highest BCUT2D eigenvalue weighted by atomic mass is 32.1. The molecule has 1 N–H and O–H groups in total. The lowest BCUT2D eigenvalue weighted by Gasteiger charge is -2.15. The van der Waals surface area contributed by atoms with Crippen molar-refractivity contribution in [1.82, 2.24) is 4.98 Å². The van der Waals surface area contributed by atoms with Crippen LogP contribution in [0.5, 0.6) is 0 Å². The SMILES string of the molecule is O=C(Nc1nc2c(s1)CCC2)C1CC=CCC1. The molecule has 90 valence electrons. The van der Waals surface area contributed by atoms with Crippen LogP contribution in [0.1, 0.15) is 36.3 Å². The Balaban J connectivity index is 1.65. The molecule has 1 heterocycles. The van der Waals surface area contributed by atoms with Gasteiger partial charge in [-0.15, -0.1) is 11.3 Å². The number of anilines is 1. The molecule has 0 aromatic carbocycles. The molecular formula is C13H16N2OS. The minimum Gasteiger partial charge on any atom is -0.302 e. The summed E-state index contributed by atoms with van der Waals surface area (Å²) in [6, 6.07) is 0. The first-order valence-corrected chi connectivity index (χ1v) is 7.09. The molecule has 0 spiro atoms. The number of amides is 1. The fourth-order valence-corrected chi connectivity index (χ4v) is 3.54. The molecule has 2 aliphatic carbocycles. The Morgan fingerprint density at radius 3 is 3.12 bits per heavy atom. The summed E-state index contributed by atoms with van der Waals surface area (Å²) in [5.41, 5.74) is 1.20. The van der Waals surface area contributed by atoms with E-state index >= 15 is 0 Å². The molecule has 3 nitrogen and oxygen atoms in total. The van der Waals surface area contributed by atoms with E-state index in [-0.39, 0.29) is 11.8 Å². The summed E-state index contributed by atoms with van der Waals surface area (Å²) in [7, 11) is 0. The number of rotatable bonds is 2. The van der Waals surface area contributed by atoms with E-state index in [4.69, 9.17) is 0 Å². The Labute approximate surface area is 105 Å². The van der Waals surface area contributed by atoms with Crippen LogP contribution in [0.4, 0.5) is 5.13 Å². The van der Waals surface area contributed by atoms with Crippen molar-refractivity contribution in [2.24, 2.45) is 5.92 Å². The first-order chi connectivity index (χ1) is 8.33. The van der Waals surface area contributed by atoms with Gasteiger partial charge in [0.1, 0.15) is 0 Å². The number of nitrogens with one attached hydrogen (secondary N) is 1. The van der Waals surface area contributed by atoms with E-state index in [0.29, 0.717) is 0 Å². The van der Waals surface area contributed by atoms with Crippen molar-refractivity contribution >= 4 is 22.4 Å². The summed E-state index contributed by atoms with van der Waals surface area (Å²) in [5.74, 6) is 0.278. The number of hydrogen-bond donors (Lipinski definition) is 1. The van der Waals surface area contributed by atoms with Crippen LogP contribution in [0.3, 0.4) is 0 Å². The van der Waals surface area contributed by atoms with Gasteiger partial charge in [-0.3, -0.25) is 4.79 Å². The second-order valence-corrected chi connectivity index (χ2v) is 5.80. The third-order valence-corrected chi connectivity index (χ3v) is 4.54. The van der Waals surface area contributed by atoms with Gasteiger partial charge in [0.2, 0.25) is 5.91 Å². The van der Waals surface area contributed by atoms with E-state index < -0.39 is 0 Å². The van der Waals surface area contributed by atoms with Crippen molar-refractivity contribution in [3.8, 4) is 0 Å². The van der Waals surface area contributed by atoms with Crippen molar-refractivity contribution in [2.75, 3.05) is 5.32 Å². The van der Waals surface area contributed by atoms with Gasteiger partial charge in [0, 0.05) is 10.8 Å². The summed E-state index contributed by atoms with van der Waals surface area (Å²) < 4.78 is 0. The van der Waals surface area contributed by atoms with E-state index in [0.717, 1.165) is 37.2 Å². The van der Waals surface area contributed by atoms with Crippen LogP contribution in [-0.4, -0.2) is 10.9 Å². The van der Waals surface area contributed by atoms with Crippen LogP contribution in [0.2, 0.25) is 0 Å². The number of aromatic nitrogens is 1. The highest BCUT2D eigenvalue weighted by molar-refractivity contribution is 7.15. The van der Waals surface area contributed by atoms with Crippen molar-refractivity contribution in [3.05, 3.63) is 22.7 Å². The first-order valence-electron chi connectivity index (χ1n) is 6.27. The number of fused-ring (bicyclic) bond motifs is 1. The summed E-state index contributed by atoms with van der Waals surface area (Å²) in [6.45, 7) is 0. The molecule has 2 aliphatic rings. The molecule has 0 saturated heterocycles. The molecule has 0 radical (unpaired) electrons. The molecule has 0 aliphatic heterocycles. The summed E-state index contributed by atoms with van der Waals surface area (Å²) >= 11 is 1.65. The number of thiazole rings is 1. The van der Waals surface area contributed by atoms with E-state index in [2.05, 4.69) is 22.5 Å². The fourth-order valence-electron chi connectivity index (χ4n) is 2.48. The zero-order chi connectivity index (χ0) is 11.7.